The molecule has 114 valence electrons. The third-order valence-corrected chi connectivity index (χ3v) is 4.05. The number of carbonyl (C=O) groups is 2. The Hall–Kier alpha value is -1.32. The molecule has 0 atom stereocenters. The molecule has 0 saturated heterocycles. The van der Waals surface area contributed by atoms with Crippen LogP contribution in [0.3, 0.4) is 0 Å². The van der Waals surface area contributed by atoms with Crippen molar-refractivity contribution >= 4 is 11.9 Å². The topological polar surface area (TPSA) is 52.6 Å². The Morgan fingerprint density at radius 2 is 1.85 bits per heavy atom. The number of hydrogen-bond donors (Lipinski definition) is 0. The highest BCUT2D eigenvalue weighted by Crippen LogP contribution is 2.32. The van der Waals surface area contributed by atoms with Crippen LogP contribution >= 0.6 is 0 Å². The van der Waals surface area contributed by atoms with E-state index in [4.69, 9.17) is 9.47 Å². The number of carbonyl (C=O) groups excluding carboxylic acids is 2. The van der Waals surface area contributed by atoms with E-state index in [2.05, 4.69) is 6.58 Å². The molecule has 1 saturated carbocycles. The lowest BCUT2D eigenvalue weighted by molar-refractivity contribution is -0.146. The fraction of sp³-hybridized carbons (Fsp3) is 0.750. The molecule has 0 amide bonds. The van der Waals surface area contributed by atoms with Crippen molar-refractivity contribution in [1.29, 1.82) is 0 Å². The number of rotatable bonds is 8. The molecule has 0 bridgehead atoms. The van der Waals surface area contributed by atoms with Crippen LogP contribution in [-0.2, 0) is 19.1 Å². The lowest BCUT2D eigenvalue weighted by Crippen LogP contribution is -2.22. The molecule has 1 aliphatic carbocycles. The Morgan fingerprint density at radius 1 is 1.15 bits per heavy atom. The summed E-state index contributed by atoms with van der Waals surface area (Å²) < 4.78 is 9.72. The molecule has 1 fully saturated rings. The molecule has 0 heterocycles. The predicted octanol–water partition coefficient (Wildman–Crippen LogP) is 3.26. The van der Waals surface area contributed by atoms with Crippen LogP contribution in [0.1, 0.15) is 51.4 Å². The smallest absolute Gasteiger partial charge is 0.330 e. The summed E-state index contributed by atoms with van der Waals surface area (Å²) in [5.74, 6) is 0.472. The van der Waals surface area contributed by atoms with Crippen LogP contribution in [0.2, 0.25) is 0 Å². The SMILES string of the molecule is C=CC(=O)OCCCCC[C@H]1CC[C@H](C(=O)OC)CC1. The molecule has 0 unspecified atom stereocenters. The molecule has 20 heavy (non-hydrogen) atoms. The van der Waals surface area contributed by atoms with Gasteiger partial charge < -0.3 is 9.47 Å². The fourth-order valence-corrected chi connectivity index (χ4v) is 2.80. The lowest BCUT2D eigenvalue weighted by Gasteiger charge is -2.26. The van der Waals surface area contributed by atoms with Crippen LogP contribution in [0, 0.1) is 11.8 Å². The van der Waals surface area contributed by atoms with E-state index in [1.165, 1.54) is 26.0 Å². The zero-order valence-electron chi connectivity index (χ0n) is 12.4. The van der Waals surface area contributed by atoms with Gasteiger partial charge in [0.2, 0.25) is 0 Å². The first kappa shape index (κ1) is 16.7. The van der Waals surface area contributed by atoms with Crippen LogP contribution in [0.25, 0.3) is 0 Å². The summed E-state index contributed by atoms with van der Waals surface area (Å²) in [6, 6.07) is 0. The second-order valence-electron chi connectivity index (χ2n) is 5.46. The van der Waals surface area contributed by atoms with Crippen molar-refractivity contribution in [2.75, 3.05) is 13.7 Å². The first-order valence-electron chi connectivity index (χ1n) is 7.54. The van der Waals surface area contributed by atoms with Crippen molar-refractivity contribution in [3.63, 3.8) is 0 Å². The third-order valence-electron chi connectivity index (χ3n) is 4.05. The zero-order valence-corrected chi connectivity index (χ0v) is 12.4. The average Bonchev–Trinajstić information content (AvgIpc) is 2.50. The molecule has 0 radical (unpaired) electrons. The first-order valence-corrected chi connectivity index (χ1v) is 7.54. The van der Waals surface area contributed by atoms with Gasteiger partial charge >= 0.3 is 11.9 Å². The molecule has 0 aromatic rings. The highest BCUT2D eigenvalue weighted by Gasteiger charge is 2.26. The number of unbranched alkanes of at least 4 members (excludes halogenated alkanes) is 2. The first-order chi connectivity index (χ1) is 9.67. The minimum absolute atomic E-state index is 0.0486. The molecule has 4 heteroatoms. The minimum Gasteiger partial charge on any atom is -0.469 e. The number of methoxy groups -OCH3 is 1. The lowest BCUT2D eigenvalue weighted by atomic mass is 9.80. The van der Waals surface area contributed by atoms with E-state index in [9.17, 15) is 9.59 Å². The van der Waals surface area contributed by atoms with Gasteiger partial charge in [-0.05, 0) is 38.0 Å². The Kier molecular flexibility index (Phi) is 8.00. The summed E-state index contributed by atoms with van der Waals surface area (Å²) in [6.45, 7) is 3.84. The molecule has 1 rings (SSSR count). The zero-order chi connectivity index (χ0) is 14.8. The monoisotopic (exact) mass is 282 g/mol. The average molecular weight is 282 g/mol. The summed E-state index contributed by atoms with van der Waals surface area (Å²) in [7, 11) is 1.47. The van der Waals surface area contributed by atoms with E-state index in [0.29, 0.717) is 6.61 Å². The van der Waals surface area contributed by atoms with Gasteiger partial charge in [-0.2, -0.15) is 0 Å². The van der Waals surface area contributed by atoms with Crippen molar-refractivity contribution in [2.45, 2.75) is 51.4 Å². The number of ether oxygens (including phenoxy) is 2. The van der Waals surface area contributed by atoms with Crippen molar-refractivity contribution < 1.29 is 19.1 Å². The molecule has 4 nitrogen and oxygen atoms in total. The molecule has 0 N–H and O–H groups in total. The Bertz CT molecular complexity index is 316. The molecule has 0 aromatic heterocycles. The third kappa shape index (κ3) is 6.22. The maximum atomic E-state index is 11.4. The van der Waals surface area contributed by atoms with Gasteiger partial charge in [-0.1, -0.05) is 25.8 Å². The van der Waals surface area contributed by atoms with Gasteiger partial charge in [0.05, 0.1) is 19.6 Å². The van der Waals surface area contributed by atoms with Crippen LogP contribution < -0.4 is 0 Å². The summed E-state index contributed by atoms with van der Waals surface area (Å²) in [4.78, 5) is 22.2. The minimum atomic E-state index is -0.342. The number of esters is 2. The molecule has 1 aliphatic rings. The highest BCUT2D eigenvalue weighted by molar-refractivity contribution is 5.81. The van der Waals surface area contributed by atoms with Gasteiger partial charge in [0.15, 0.2) is 0 Å². The summed E-state index contributed by atoms with van der Waals surface area (Å²) >= 11 is 0. The van der Waals surface area contributed by atoms with E-state index in [-0.39, 0.29) is 17.9 Å². The van der Waals surface area contributed by atoms with Crippen LogP contribution in [-0.4, -0.2) is 25.7 Å². The molecular weight excluding hydrogens is 256 g/mol. The second kappa shape index (κ2) is 9.56. The van der Waals surface area contributed by atoms with Crippen molar-refractivity contribution in [3.05, 3.63) is 12.7 Å². The fourth-order valence-electron chi connectivity index (χ4n) is 2.80. The van der Waals surface area contributed by atoms with E-state index in [0.717, 1.165) is 44.4 Å². The number of hydrogen-bond acceptors (Lipinski definition) is 4. The largest absolute Gasteiger partial charge is 0.469 e. The van der Waals surface area contributed by atoms with Gasteiger partial charge in [0.25, 0.3) is 0 Å². The van der Waals surface area contributed by atoms with Gasteiger partial charge in [-0.3, -0.25) is 4.79 Å². The van der Waals surface area contributed by atoms with Gasteiger partial charge in [0, 0.05) is 6.08 Å². The van der Waals surface area contributed by atoms with E-state index in [1.807, 2.05) is 0 Å². The summed E-state index contributed by atoms with van der Waals surface area (Å²) in [5.41, 5.74) is 0. The van der Waals surface area contributed by atoms with Gasteiger partial charge in [-0.25, -0.2) is 4.79 Å². The summed E-state index contributed by atoms with van der Waals surface area (Å²) in [6.07, 6.45) is 9.76. The van der Waals surface area contributed by atoms with Crippen molar-refractivity contribution in [2.24, 2.45) is 11.8 Å². The van der Waals surface area contributed by atoms with E-state index >= 15 is 0 Å². The molecule has 0 spiro atoms. The maximum absolute atomic E-state index is 11.4. The van der Waals surface area contributed by atoms with Crippen molar-refractivity contribution in [1.82, 2.24) is 0 Å². The van der Waals surface area contributed by atoms with Crippen LogP contribution in [0.5, 0.6) is 0 Å². The van der Waals surface area contributed by atoms with Gasteiger partial charge in [-0.15, -0.1) is 0 Å². The van der Waals surface area contributed by atoms with Crippen molar-refractivity contribution in [3.8, 4) is 0 Å². The van der Waals surface area contributed by atoms with Crippen LogP contribution in [0.4, 0.5) is 0 Å². The quantitative estimate of drug-likeness (QED) is 0.389. The molecule has 0 aromatic carbocycles. The van der Waals surface area contributed by atoms with Crippen LogP contribution in [0.15, 0.2) is 12.7 Å². The van der Waals surface area contributed by atoms with E-state index < -0.39 is 0 Å². The normalized spacial score (nSPS) is 22.1. The standard InChI is InChI=1S/C16H26O4/c1-3-15(17)20-12-6-4-5-7-13-8-10-14(11-9-13)16(18)19-2/h3,13-14H,1,4-12H2,2H3/t13-,14-. The summed E-state index contributed by atoms with van der Waals surface area (Å²) in [5, 5.41) is 0. The Labute approximate surface area is 121 Å². The van der Waals surface area contributed by atoms with Gasteiger partial charge in [0.1, 0.15) is 0 Å². The Morgan fingerprint density at radius 3 is 2.45 bits per heavy atom. The molecular formula is C16H26O4. The second-order valence-corrected chi connectivity index (χ2v) is 5.46. The predicted molar refractivity (Wildman–Crippen MR) is 77.1 cm³/mol. The maximum Gasteiger partial charge on any atom is 0.330 e. The Balaban J connectivity index is 2.00. The molecule has 0 aliphatic heterocycles. The highest BCUT2D eigenvalue weighted by atomic mass is 16.5. The van der Waals surface area contributed by atoms with E-state index in [1.54, 1.807) is 0 Å².